The SMILES string of the molecule is CC(C)CC1CN(C(C)c2ccncc2)C(C(C)C)CN1. The molecule has 3 nitrogen and oxygen atoms in total. The summed E-state index contributed by atoms with van der Waals surface area (Å²) in [5.74, 6) is 1.41. The van der Waals surface area contributed by atoms with Gasteiger partial charge in [0.2, 0.25) is 0 Å². The molecule has 0 aromatic carbocycles. The molecule has 1 fully saturated rings. The lowest BCUT2D eigenvalue weighted by molar-refractivity contribution is 0.0571. The number of aromatic nitrogens is 1. The summed E-state index contributed by atoms with van der Waals surface area (Å²) in [5, 5.41) is 3.76. The van der Waals surface area contributed by atoms with Gasteiger partial charge in [-0.05, 0) is 42.9 Å². The summed E-state index contributed by atoms with van der Waals surface area (Å²) in [6, 6.07) is 5.99. The summed E-state index contributed by atoms with van der Waals surface area (Å²) in [6.45, 7) is 13.9. The first-order valence-corrected chi connectivity index (χ1v) is 8.38. The monoisotopic (exact) mass is 289 g/mol. The van der Waals surface area contributed by atoms with Crippen LogP contribution in [0.5, 0.6) is 0 Å². The Morgan fingerprint density at radius 1 is 1.19 bits per heavy atom. The highest BCUT2D eigenvalue weighted by molar-refractivity contribution is 5.15. The normalized spacial score (nSPS) is 25.5. The van der Waals surface area contributed by atoms with Gasteiger partial charge in [0.05, 0.1) is 0 Å². The minimum atomic E-state index is 0.456. The van der Waals surface area contributed by atoms with Crippen molar-refractivity contribution in [2.75, 3.05) is 13.1 Å². The first-order chi connectivity index (χ1) is 9.99. The predicted molar refractivity (Wildman–Crippen MR) is 89.2 cm³/mol. The molecule has 21 heavy (non-hydrogen) atoms. The quantitative estimate of drug-likeness (QED) is 0.899. The third kappa shape index (κ3) is 4.27. The molecule has 0 radical (unpaired) electrons. The van der Waals surface area contributed by atoms with E-state index in [4.69, 9.17) is 0 Å². The molecule has 3 atom stereocenters. The minimum Gasteiger partial charge on any atom is -0.311 e. The van der Waals surface area contributed by atoms with Gasteiger partial charge in [-0.3, -0.25) is 9.88 Å². The van der Waals surface area contributed by atoms with Gasteiger partial charge in [-0.25, -0.2) is 0 Å². The van der Waals surface area contributed by atoms with Crippen LogP contribution < -0.4 is 5.32 Å². The standard InChI is InChI=1S/C18H31N3/c1-13(2)10-17-12-21(18(11-20-17)14(3)4)15(5)16-6-8-19-9-7-16/h6-9,13-15,17-18,20H,10-12H2,1-5H3. The molecule has 1 aromatic heterocycles. The van der Waals surface area contributed by atoms with E-state index < -0.39 is 0 Å². The summed E-state index contributed by atoms with van der Waals surface area (Å²) >= 11 is 0. The molecule has 1 aliphatic rings. The van der Waals surface area contributed by atoms with Crippen LogP contribution in [0.1, 0.15) is 52.6 Å². The summed E-state index contributed by atoms with van der Waals surface area (Å²) in [4.78, 5) is 6.85. The van der Waals surface area contributed by atoms with Crippen molar-refractivity contribution in [3.8, 4) is 0 Å². The van der Waals surface area contributed by atoms with E-state index in [1.165, 1.54) is 12.0 Å². The molecular weight excluding hydrogens is 258 g/mol. The van der Waals surface area contributed by atoms with Gasteiger partial charge < -0.3 is 5.32 Å². The maximum absolute atomic E-state index is 4.15. The number of hydrogen-bond donors (Lipinski definition) is 1. The van der Waals surface area contributed by atoms with Crippen molar-refractivity contribution < 1.29 is 0 Å². The van der Waals surface area contributed by atoms with Crippen molar-refractivity contribution in [2.45, 2.75) is 59.2 Å². The van der Waals surface area contributed by atoms with E-state index in [2.05, 4.69) is 62.0 Å². The second kappa shape index (κ2) is 7.37. The summed E-state index contributed by atoms with van der Waals surface area (Å²) in [7, 11) is 0. The average Bonchev–Trinajstić information content (AvgIpc) is 2.46. The van der Waals surface area contributed by atoms with Crippen molar-refractivity contribution >= 4 is 0 Å². The van der Waals surface area contributed by atoms with E-state index in [1.807, 2.05) is 12.4 Å². The van der Waals surface area contributed by atoms with E-state index in [1.54, 1.807) is 0 Å². The third-order valence-electron chi connectivity index (χ3n) is 4.68. The van der Waals surface area contributed by atoms with Crippen molar-refractivity contribution in [2.24, 2.45) is 11.8 Å². The highest BCUT2D eigenvalue weighted by Gasteiger charge is 2.33. The lowest BCUT2D eigenvalue weighted by Crippen LogP contribution is -2.58. The van der Waals surface area contributed by atoms with E-state index in [9.17, 15) is 0 Å². The molecule has 2 rings (SSSR count). The Morgan fingerprint density at radius 3 is 2.43 bits per heavy atom. The van der Waals surface area contributed by atoms with E-state index in [0.717, 1.165) is 19.0 Å². The zero-order valence-corrected chi connectivity index (χ0v) is 14.2. The number of pyridine rings is 1. The number of nitrogens with one attached hydrogen (secondary N) is 1. The van der Waals surface area contributed by atoms with E-state index in [-0.39, 0.29) is 0 Å². The smallest absolute Gasteiger partial charge is 0.0325 e. The van der Waals surface area contributed by atoms with Crippen LogP contribution in [-0.4, -0.2) is 35.1 Å². The van der Waals surface area contributed by atoms with Crippen LogP contribution in [0.3, 0.4) is 0 Å². The second-order valence-corrected chi connectivity index (χ2v) is 7.20. The van der Waals surface area contributed by atoms with Gasteiger partial charge in [0.25, 0.3) is 0 Å². The Morgan fingerprint density at radius 2 is 1.86 bits per heavy atom. The maximum atomic E-state index is 4.15. The van der Waals surface area contributed by atoms with Crippen LogP contribution in [0.25, 0.3) is 0 Å². The summed E-state index contributed by atoms with van der Waals surface area (Å²) in [5.41, 5.74) is 1.38. The molecule has 2 heterocycles. The Labute approximate surface area is 130 Å². The van der Waals surface area contributed by atoms with Crippen LogP contribution in [0.15, 0.2) is 24.5 Å². The number of piperazine rings is 1. The molecular formula is C18H31N3. The van der Waals surface area contributed by atoms with Crippen molar-refractivity contribution in [3.63, 3.8) is 0 Å². The molecule has 1 aliphatic heterocycles. The van der Waals surface area contributed by atoms with Crippen LogP contribution in [0, 0.1) is 11.8 Å². The number of nitrogens with zero attached hydrogens (tertiary/aromatic N) is 2. The fourth-order valence-electron chi connectivity index (χ4n) is 3.48. The first kappa shape index (κ1) is 16.4. The summed E-state index contributed by atoms with van der Waals surface area (Å²) in [6.07, 6.45) is 5.07. The second-order valence-electron chi connectivity index (χ2n) is 7.20. The molecule has 1 aromatic rings. The van der Waals surface area contributed by atoms with Crippen LogP contribution >= 0.6 is 0 Å². The highest BCUT2D eigenvalue weighted by atomic mass is 15.3. The van der Waals surface area contributed by atoms with Crippen LogP contribution in [0.4, 0.5) is 0 Å². The molecule has 3 heteroatoms. The lowest BCUT2D eigenvalue weighted by Gasteiger charge is -2.46. The van der Waals surface area contributed by atoms with Gasteiger partial charge in [-0.1, -0.05) is 27.7 Å². The molecule has 0 bridgehead atoms. The molecule has 1 N–H and O–H groups in total. The molecule has 0 saturated carbocycles. The molecule has 1 saturated heterocycles. The van der Waals surface area contributed by atoms with Gasteiger partial charge in [-0.2, -0.15) is 0 Å². The van der Waals surface area contributed by atoms with Gasteiger partial charge >= 0.3 is 0 Å². The predicted octanol–water partition coefficient (Wildman–Crippen LogP) is 3.49. The van der Waals surface area contributed by atoms with Gasteiger partial charge in [0.1, 0.15) is 0 Å². The van der Waals surface area contributed by atoms with E-state index >= 15 is 0 Å². The minimum absolute atomic E-state index is 0.456. The van der Waals surface area contributed by atoms with Crippen molar-refractivity contribution in [1.82, 2.24) is 15.2 Å². The van der Waals surface area contributed by atoms with Crippen molar-refractivity contribution in [1.29, 1.82) is 0 Å². The Kier molecular flexibility index (Phi) is 5.77. The fourth-order valence-corrected chi connectivity index (χ4v) is 3.48. The highest BCUT2D eigenvalue weighted by Crippen LogP contribution is 2.28. The number of hydrogen-bond acceptors (Lipinski definition) is 3. The van der Waals surface area contributed by atoms with Gasteiger partial charge in [-0.15, -0.1) is 0 Å². The van der Waals surface area contributed by atoms with Crippen LogP contribution in [0.2, 0.25) is 0 Å². The fraction of sp³-hybridized carbons (Fsp3) is 0.722. The Hall–Kier alpha value is -0.930. The zero-order chi connectivity index (χ0) is 15.4. The number of rotatable bonds is 5. The largest absolute Gasteiger partial charge is 0.311 e. The third-order valence-corrected chi connectivity index (χ3v) is 4.68. The van der Waals surface area contributed by atoms with E-state index in [0.29, 0.717) is 24.0 Å². The molecule has 118 valence electrons. The molecule has 3 unspecified atom stereocenters. The topological polar surface area (TPSA) is 28.2 Å². The Bertz CT molecular complexity index is 416. The molecule has 0 spiro atoms. The first-order valence-electron chi connectivity index (χ1n) is 8.38. The van der Waals surface area contributed by atoms with Crippen LogP contribution in [-0.2, 0) is 0 Å². The Balaban J connectivity index is 2.13. The van der Waals surface area contributed by atoms with Crippen molar-refractivity contribution in [3.05, 3.63) is 30.1 Å². The summed E-state index contributed by atoms with van der Waals surface area (Å²) < 4.78 is 0. The maximum Gasteiger partial charge on any atom is 0.0325 e. The zero-order valence-electron chi connectivity index (χ0n) is 14.2. The van der Waals surface area contributed by atoms with Gasteiger partial charge in [0.15, 0.2) is 0 Å². The molecule has 0 amide bonds. The molecule has 0 aliphatic carbocycles. The van der Waals surface area contributed by atoms with Gasteiger partial charge in [0, 0.05) is 43.6 Å². The lowest BCUT2D eigenvalue weighted by atomic mass is 9.92. The average molecular weight is 289 g/mol.